The van der Waals surface area contributed by atoms with Gasteiger partial charge in [0.15, 0.2) is 0 Å². The third-order valence-corrected chi connectivity index (χ3v) is 1.75. The molecule has 2 nitrogen and oxygen atoms in total. The lowest BCUT2D eigenvalue weighted by atomic mass is 10.1. The summed E-state index contributed by atoms with van der Waals surface area (Å²) < 4.78 is 39.5. The summed E-state index contributed by atoms with van der Waals surface area (Å²) in [5.74, 6) is -0.395. The summed E-state index contributed by atoms with van der Waals surface area (Å²) in [6.07, 6.45) is -4.95. The molecule has 6 heteroatoms. The minimum Gasteiger partial charge on any atom is -0.405 e. The molecule has 0 saturated heterocycles. The van der Waals surface area contributed by atoms with Gasteiger partial charge in [-0.2, -0.15) is 5.26 Å². The Hall–Kier alpha value is -1.41. The van der Waals surface area contributed by atoms with E-state index in [9.17, 15) is 13.2 Å². The number of benzene rings is 1. The fraction of sp³-hybridized carbons (Fsp3) is 0.222. The van der Waals surface area contributed by atoms with Gasteiger partial charge in [0, 0.05) is 10.6 Å². The molecule has 0 unspecified atom stereocenters. The molecule has 0 aliphatic rings. The normalized spacial score (nSPS) is 10.9. The average molecular weight is 236 g/mol. The van der Waals surface area contributed by atoms with E-state index < -0.39 is 12.1 Å². The number of hydrogen-bond donors (Lipinski definition) is 0. The molecule has 0 saturated carbocycles. The number of rotatable bonds is 2. The first-order chi connectivity index (χ1) is 6.92. The minimum absolute atomic E-state index is 0.113. The van der Waals surface area contributed by atoms with Crippen molar-refractivity contribution in [1.82, 2.24) is 0 Å². The van der Waals surface area contributed by atoms with E-state index in [1.54, 1.807) is 6.07 Å². The third-order valence-electron chi connectivity index (χ3n) is 1.52. The van der Waals surface area contributed by atoms with Crippen LogP contribution in [0.1, 0.15) is 5.56 Å². The quantitative estimate of drug-likeness (QED) is 0.788. The molecule has 80 valence electrons. The summed E-state index contributed by atoms with van der Waals surface area (Å²) in [5, 5.41) is 8.66. The Morgan fingerprint density at radius 3 is 2.60 bits per heavy atom. The van der Waals surface area contributed by atoms with Crippen molar-refractivity contribution in [3.05, 3.63) is 28.8 Å². The van der Waals surface area contributed by atoms with Crippen LogP contribution in [0.4, 0.5) is 13.2 Å². The summed E-state index contributed by atoms with van der Waals surface area (Å²) in [6.45, 7) is 0. The van der Waals surface area contributed by atoms with Crippen LogP contribution in [0.2, 0.25) is 5.02 Å². The van der Waals surface area contributed by atoms with Gasteiger partial charge in [-0.1, -0.05) is 11.6 Å². The first-order valence-electron chi connectivity index (χ1n) is 3.83. The van der Waals surface area contributed by atoms with Crippen molar-refractivity contribution in [3.8, 4) is 11.8 Å². The van der Waals surface area contributed by atoms with Crippen LogP contribution in [-0.2, 0) is 6.42 Å². The van der Waals surface area contributed by atoms with Crippen molar-refractivity contribution >= 4 is 11.6 Å². The van der Waals surface area contributed by atoms with Gasteiger partial charge >= 0.3 is 6.36 Å². The Kier molecular flexibility index (Phi) is 3.43. The second kappa shape index (κ2) is 4.41. The van der Waals surface area contributed by atoms with E-state index in [1.165, 1.54) is 12.1 Å². The monoisotopic (exact) mass is 235 g/mol. The van der Waals surface area contributed by atoms with Crippen molar-refractivity contribution in [2.24, 2.45) is 0 Å². The molecule has 0 bridgehead atoms. The number of nitrogens with zero attached hydrogens (tertiary/aromatic N) is 1. The molecule has 0 atom stereocenters. The lowest BCUT2D eigenvalue weighted by molar-refractivity contribution is -0.274. The van der Waals surface area contributed by atoms with Gasteiger partial charge in [0.05, 0.1) is 12.5 Å². The molecule has 1 rings (SSSR count). The highest BCUT2D eigenvalue weighted by molar-refractivity contribution is 6.30. The number of hydrogen-bond acceptors (Lipinski definition) is 2. The van der Waals surface area contributed by atoms with Gasteiger partial charge in [0.1, 0.15) is 5.75 Å². The summed E-state index contributed by atoms with van der Waals surface area (Å²) in [6, 6.07) is 5.35. The van der Waals surface area contributed by atoms with E-state index in [-0.39, 0.29) is 17.0 Å². The molecule has 0 fully saturated rings. The van der Waals surface area contributed by atoms with Gasteiger partial charge < -0.3 is 4.74 Å². The Balaban J connectivity index is 3.02. The molecule has 0 aliphatic heterocycles. The summed E-state index contributed by atoms with van der Waals surface area (Å²) in [7, 11) is 0. The van der Waals surface area contributed by atoms with Gasteiger partial charge in [-0.3, -0.25) is 0 Å². The summed E-state index contributed by atoms with van der Waals surface area (Å²) in [5.41, 5.74) is 0.113. The number of halogens is 4. The van der Waals surface area contributed by atoms with E-state index >= 15 is 0 Å². The SMILES string of the molecule is N#CCc1cc(Cl)ccc1OC(F)(F)F. The largest absolute Gasteiger partial charge is 0.573 e. The number of ether oxygens (including phenoxy) is 1. The van der Waals surface area contributed by atoms with Crippen LogP contribution in [-0.4, -0.2) is 6.36 Å². The predicted molar refractivity (Wildman–Crippen MR) is 47.5 cm³/mol. The first-order valence-corrected chi connectivity index (χ1v) is 4.21. The summed E-state index contributed by atoms with van der Waals surface area (Å²) in [4.78, 5) is 0. The van der Waals surface area contributed by atoms with E-state index in [2.05, 4.69) is 4.74 Å². The average Bonchev–Trinajstić information content (AvgIpc) is 2.08. The van der Waals surface area contributed by atoms with E-state index in [0.29, 0.717) is 0 Å². The van der Waals surface area contributed by atoms with Crippen molar-refractivity contribution in [2.45, 2.75) is 12.8 Å². The zero-order chi connectivity index (χ0) is 11.5. The van der Waals surface area contributed by atoms with E-state index in [4.69, 9.17) is 16.9 Å². The van der Waals surface area contributed by atoms with Gasteiger partial charge in [-0.15, -0.1) is 13.2 Å². The molecule has 0 amide bonds. The van der Waals surface area contributed by atoms with Crippen LogP contribution >= 0.6 is 11.6 Å². The van der Waals surface area contributed by atoms with Crippen LogP contribution in [0, 0.1) is 11.3 Å². The highest BCUT2D eigenvalue weighted by Crippen LogP contribution is 2.28. The van der Waals surface area contributed by atoms with Crippen molar-refractivity contribution < 1.29 is 17.9 Å². The molecule has 0 N–H and O–H groups in total. The molecular weight excluding hydrogens is 231 g/mol. The Bertz CT molecular complexity index is 397. The fourth-order valence-corrected chi connectivity index (χ4v) is 1.19. The number of nitriles is 1. The van der Waals surface area contributed by atoms with Crippen LogP contribution in [0.5, 0.6) is 5.75 Å². The van der Waals surface area contributed by atoms with Crippen LogP contribution in [0.3, 0.4) is 0 Å². The van der Waals surface area contributed by atoms with Gasteiger partial charge in [0.25, 0.3) is 0 Å². The maximum absolute atomic E-state index is 11.9. The minimum atomic E-state index is -4.77. The van der Waals surface area contributed by atoms with E-state index in [1.807, 2.05) is 0 Å². The molecule has 1 aromatic carbocycles. The fourth-order valence-electron chi connectivity index (χ4n) is 0.996. The smallest absolute Gasteiger partial charge is 0.405 e. The van der Waals surface area contributed by atoms with Crippen molar-refractivity contribution in [2.75, 3.05) is 0 Å². The first kappa shape index (κ1) is 11.7. The topological polar surface area (TPSA) is 33.0 Å². The summed E-state index contributed by atoms with van der Waals surface area (Å²) >= 11 is 5.58. The van der Waals surface area contributed by atoms with E-state index in [0.717, 1.165) is 6.07 Å². The van der Waals surface area contributed by atoms with Crippen LogP contribution in [0.15, 0.2) is 18.2 Å². The van der Waals surface area contributed by atoms with Crippen molar-refractivity contribution in [1.29, 1.82) is 5.26 Å². The molecule has 0 heterocycles. The Morgan fingerprint density at radius 2 is 2.07 bits per heavy atom. The lowest BCUT2D eigenvalue weighted by Crippen LogP contribution is -2.18. The Labute approximate surface area is 88.8 Å². The maximum atomic E-state index is 11.9. The zero-order valence-corrected chi connectivity index (χ0v) is 8.06. The molecule has 1 aromatic rings. The molecule has 0 aromatic heterocycles. The van der Waals surface area contributed by atoms with Gasteiger partial charge in [-0.25, -0.2) is 0 Å². The standard InChI is InChI=1S/C9H5ClF3NO/c10-7-1-2-8(15-9(11,12)13)6(5-7)3-4-14/h1-2,5H,3H2. The molecule has 0 radical (unpaired) electrons. The molecule has 15 heavy (non-hydrogen) atoms. The van der Waals surface area contributed by atoms with Crippen LogP contribution in [0.25, 0.3) is 0 Å². The highest BCUT2D eigenvalue weighted by Gasteiger charge is 2.32. The molecule has 0 spiro atoms. The maximum Gasteiger partial charge on any atom is 0.573 e. The Morgan fingerprint density at radius 1 is 1.40 bits per heavy atom. The second-order valence-electron chi connectivity index (χ2n) is 2.63. The second-order valence-corrected chi connectivity index (χ2v) is 3.07. The van der Waals surface area contributed by atoms with Gasteiger partial charge in [-0.05, 0) is 18.2 Å². The molecular formula is C9H5ClF3NO. The van der Waals surface area contributed by atoms with Gasteiger partial charge in [0.2, 0.25) is 0 Å². The highest BCUT2D eigenvalue weighted by atomic mass is 35.5. The number of alkyl halides is 3. The predicted octanol–water partition coefficient (Wildman–Crippen LogP) is 3.30. The van der Waals surface area contributed by atoms with Crippen LogP contribution < -0.4 is 4.74 Å². The molecule has 0 aliphatic carbocycles. The zero-order valence-electron chi connectivity index (χ0n) is 7.31. The van der Waals surface area contributed by atoms with Crippen molar-refractivity contribution in [3.63, 3.8) is 0 Å². The third kappa shape index (κ3) is 3.68. The lowest BCUT2D eigenvalue weighted by Gasteiger charge is -2.11.